The van der Waals surface area contributed by atoms with Gasteiger partial charge in [-0.3, -0.25) is 10.1 Å². The van der Waals surface area contributed by atoms with Crippen molar-refractivity contribution in [1.82, 2.24) is 5.16 Å². The summed E-state index contributed by atoms with van der Waals surface area (Å²) < 4.78 is 20.4. The molecule has 0 aliphatic heterocycles. The maximum Gasteiger partial charge on any atom is 0.331 e. The molecule has 0 bridgehead atoms. The van der Waals surface area contributed by atoms with Crippen LogP contribution in [-0.4, -0.2) is 37.4 Å². The minimum absolute atomic E-state index is 0.106. The molecular formula is C21H23N3O6. The number of aromatic nitrogens is 1. The molecule has 0 saturated carbocycles. The van der Waals surface area contributed by atoms with Gasteiger partial charge in [0.25, 0.3) is 5.91 Å². The Bertz CT molecular complexity index is 966. The number of benzene rings is 1. The van der Waals surface area contributed by atoms with Gasteiger partial charge in [0.2, 0.25) is 5.88 Å². The summed E-state index contributed by atoms with van der Waals surface area (Å²) in [6.07, 6.45) is 2.69. The fraction of sp³-hybridized carbons (Fsp3) is 0.333. The Morgan fingerprint density at radius 3 is 2.67 bits per heavy atom. The van der Waals surface area contributed by atoms with Crippen molar-refractivity contribution in [3.63, 3.8) is 0 Å². The summed E-state index contributed by atoms with van der Waals surface area (Å²) in [6, 6.07) is 8.44. The van der Waals surface area contributed by atoms with Crippen LogP contribution in [0.15, 0.2) is 34.9 Å². The maximum absolute atomic E-state index is 11.9. The van der Waals surface area contributed by atoms with Gasteiger partial charge in [0.1, 0.15) is 6.07 Å². The first kappa shape index (κ1) is 22.5. The van der Waals surface area contributed by atoms with E-state index >= 15 is 0 Å². The summed E-state index contributed by atoms with van der Waals surface area (Å²) in [5.41, 5.74) is 1.12. The van der Waals surface area contributed by atoms with E-state index in [1.54, 1.807) is 24.3 Å². The van der Waals surface area contributed by atoms with Gasteiger partial charge in [-0.05, 0) is 23.8 Å². The van der Waals surface area contributed by atoms with E-state index in [1.807, 2.05) is 26.8 Å². The number of ether oxygens (including phenoxy) is 3. The van der Waals surface area contributed by atoms with E-state index in [1.165, 1.54) is 19.3 Å². The van der Waals surface area contributed by atoms with Crippen molar-refractivity contribution in [2.45, 2.75) is 26.2 Å². The van der Waals surface area contributed by atoms with Crippen LogP contribution in [0.2, 0.25) is 0 Å². The first-order chi connectivity index (χ1) is 14.2. The van der Waals surface area contributed by atoms with E-state index in [-0.39, 0.29) is 17.9 Å². The molecule has 0 spiro atoms. The standard InChI is InChI=1S/C21H23N3O6/c1-21(2,3)17-12-19(30-24-17)23-18(25)13-29-20(26)8-6-14-5-7-15(28-10-9-22)16(11-14)27-4/h5-8,11-12H,10,13H2,1-4H3,(H,23,25)/b8-6+. The van der Waals surface area contributed by atoms with E-state index in [9.17, 15) is 9.59 Å². The molecule has 1 heterocycles. The molecule has 0 atom stereocenters. The molecule has 0 fully saturated rings. The van der Waals surface area contributed by atoms with Crippen molar-refractivity contribution >= 4 is 23.8 Å². The number of amides is 1. The average Bonchev–Trinajstić information content (AvgIpc) is 3.18. The van der Waals surface area contributed by atoms with Crippen LogP contribution in [0, 0.1) is 11.3 Å². The van der Waals surface area contributed by atoms with Gasteiger partial charge in [0.15, 0.2) is 24.7 Å². The third-order valence-electron chi connectivity index (χ3n) is 3.78. The number of carbonyl (C=O) groups excluding carboxylic acids is 2. The molecule has 2 aromatic rings. The van der Waals surface area contributed by atoms with Gasteiger partial charge in [-0.2, -0.15) is 5.26 Å². The molecule has 1 N–H and O–H groups in total. The van der Waals surface area contributed by atoms with Crippen LogP contribution in [0.4, 0.5) is 5.88 Å². The van der Waals surface area contributed by atoms with Gasteiger partial charge in [0, 0.05) is 17.6 Å². The lowest BCUT2D eigenvalue weighted by molar-refractivity contribution is -0.142. The number of nitrogens with one attached hydrogen (secondary N) is 1. The highest BCUT2D eigenvalue weighted by molar-refractivity contribution is 5.93. The lowest BCUT2D eigenvalue weighted by Crippen LogP contribution is -2.19. The van der Waals surface area contributed by atoms with Crippen LogP contribution in [0.3, 0.4) is 0 Å². The zero-order chi connectivity index (χ0) is 22.1. The highest BCUT2D eigenvalue weighted by Gasteiger charge is 2.19. The topological polar surface area (TPSA) is 124 Å². The van der Waals surface area contributed by atoms with E-state index < -0.39 is 18.5 Å². The second-order valence-corrected chi connectivity index (χ2v) is 7.17. The van der Waals surface area contributed by atoms with Crippen molar-refractivity contribution < 1.29 is 28.3 Å². The predicted molar refractivity (Wildman–Crippen MR) is 108 cm³/mol. The Balaban J connectivity index is 1.86. The minimum Gasteiger partial charge on any atom is -0.493 e. The Morgan fingerprint density at radius 1 is 1.27 bits per heavy atom. The number of methoxy groups -OCH3 is 1. The number of esters is 1. The molecular weight excluding hydrogens is 390 g/mol. The van der Waals surface area contributed by atoms with Crippen LogP contribution in [0.5, 0.6) is 11.5 Å². The summed E-state index contributed by atoms with van der Waals surface area (Å²) in [4.78, 5) is 23.8. The van der Waals surface area contributed by atoms with Crippen molar-refractivity contribution in [1.29, 1.82) is 5.26 Å². The van der Waals surface area contributed by atoms with Gasteiger partial charge in [0.05, 0.1) is 12.8 Å². The molecule has 0 aliphatic rings. The predicted octanol–water partition coefficient (Wildman–Crippen LogP) is 3.08. The molecule has 1 aromatic heterocycles. The Kier molecular flexibility index (Phi) is 7.58. The van der Waals surface area contributed by atoms with Crippen LogP contribution in [0.25, 0.3) is 6.08 Å². The van der Waals surface area contributed by atoms with Crippen molar-refractivity contribution in [3.05, 3.63) is 41.6 Å². The molecule has 30 heavy (non-hydrogen) atoms. The number of hydrogen-bond donors (Lipinski definition) is 1. The fourth-order valence-corrected chi connectivity index (χ4v) is 2.23. The highest BCUT2D eigenvalue weighted by Crippen LogP contribution is 2.28. The zero-order valence-corrected chi connectivity index (χ0v) is 17.2. The zero-order valence-electron chi connectivity index (χ0n) is 17.2. The molecule has 0 aliphatic carbocycles. The molecule has 0 saturated heterocycles. The van der Waals surface area contributed by atoms with Gasteiger partial charge in [-0.15, -0.1) is 0 Å². The molecule has 2 rings (SSSR count). The largest absolute Gasteiger partial charge is 0.493 e. The third kappa shape index (κ3) is 6.67. The highest BCUT2D eigenvalue weighted by atomic mass is 16.5. The second-order valence-electron chi connectivity index (χ2n) is 7.17. The van der Waals surface area contributed by atoms with E-state index in [0.29, 0.717) is 22.8 Å². The van der Waals surface area contributed by atoms with Crippen LogP contribution < -0.4 is 14.8 Å². The van der Waals surface area contributed by atoms with E-state index in [0.717, 1.165) is 0 Å². The molecule has 158 valence electrons. The lowest BCUT2D eigenvalue weighted by Gasteiger charge is -2.12. The molecule has 9 nitrogen and oxygen atoms in total. The van der Waals surface area contributed by atoms with Gasteiger partial charge < -0.3 is 18.7 Å². The normalized spacial score (nSPS) is 11.0. The Morgan fingerprint density at radius 2 is 2.03 bits per heavy atom. The monoisotopic (exact) mass is 413 g/mol. The molecule has 0 unspecified atom stereocenters. The molecule has 9 heteroatoms. The summed E-state index contributed by atoms with van der Waals surface area (Å²) in [5.74, 6) is -0.225. The van der Waals surface area contributed by atoms with Gasteiger partial charge in [-0.1, -0.05) is 32.0 Å². The quantitative estimate of drug-likeness (QED) is 0.517. The summed E-state index contributed by atoms with van der Waals surface area (Å²) in [5, 5.41) is 15.0. The number of carbonyl (C=O) groups is 2. The average molecular weight is 413 g/mol. The molecule has 0 radical (unpaired) electrons. The van der Waals surface area contributed by atoms with Crippen molar-refractivity contribution in [3.8, 4) is 17.6 Å². The van der Waals surface area contributed by atoms with Gasteiger partial charge in [-0.25, -0.2) is 4.79 Å². The van der Waals surface area contributed by atoms with Gasteiger partial charge >= 0.3 is 5.97 Å². The number of nitriles is 1. The number of rotatable bonds is 8. The Labute approximate surface area is 174 Å². The summed E-state index contributed by atoms with van der Waals surface area (Å²) in [6.45, 7) is 5.32. The van der Waals surface area contributed by atoms with E-state index in [2.05, 4.69) is 10.5 Å². The first-order valence-corrected chi connectivity index (χ1v) is 9.02. The summed E-state index contributed by atoms with van der Waals surface area (Å²) in [7, 11) is 1.47. The fourth-order valence-electron chi connectivity index (χ4n) is 2.23. The smallest absolute Gasteiger partial charge is 0.331 e. The SMILES string of the molecule is COc1cc(/C=C/C(=O)OCC(=O)Nc2cc(C(C)(C)C)no2)ccc1OCC#N. The lowest BCUT2D eigenvalue weighted by atomic mass is 9.92. The first-order valence-electron chi connectivity index (χ1n) is 9.02. The van der Waals surface area contributed by atoms with Crippen LogP contribution >= 0.6 is 0 Å². The van der Waals surface area contributed by atoms with Crippen molar-refractivity contribution in [2.24, 2.45) is 0 Å². The van der Waals surface area contributed by atoms with Crippen molar-refractivity contribution in [2.75, 3.05) is 25.6 Å². The molecule has 1 aromatic carbocycles. The van der Waals surface area contributed by atoms with Crippen LogP contribution in [-0.2, 0) is 19.7 Å². The minimum atomic E-state index is -0.693. The number of hydrogen-bond acceptors (Lipinski definition) is 8. The maximum atomic E-state index is 11.9. The number of anilines is 1. The Hall–Kier alpha value is -3.80. The number of nitrogens with zero attached hydrogens (tertiary/aromatic N) is 2. The summed E-state index contributed by atoms with van der Waals surface area (Å²) >= 11 is 0. The van der Waals surface area contributed by atoms with E-state index in [4.69, 9.17) is 24.0 Å². The third-order valence-corrected chi connectivity index (χ3v) is 3.78. The second kappa shape index (κ2) is 10.1. The molecule has 1 amide bonds. The van der Waals surface area contributed by atoms with Crippen LogP contribution in [0.1, 0.15) is 32.0 Å².